The Morgan fingerprint density at radius 1 is 1.22 bits per heavy atom. The molecule has 0 spiro atoms. The maximum absolute atomic E-state index is 12.3. The second kappa shape index (κ2) is 4.14. The van der Waals surface area contributed by atoms with Gasteiger partial charge in [-0.2, -0.15) is 0 Å². The number of benzene rings is 1. The van der Waals surface area contributed by atoms with Gasteiger partial charge in [0.1, 0.15) is 5.75 Å². The predicted octanol–water partition coefficient (Wildman–Crippen LogP) is 1.99. The van der Waals surface area contributed by atoms with Gasteiger partial charge in [0, 0.05) is 18.4 Å². The first-order chi connectivity index (χ1) is 8.77. The van der Waals surface area contributed by atoms with Gasteiger partial charge in [0.05, 0.1) is 0 Å². The first-order valence-electron chi connectivity index (χ1n) is 5.81. The molecule has 0 radical (unpaired) electrons. The topological polar surface area (TPSA) is 53.4 Å². The van der Waals surface area contributed by atoms with Crippen LogP contribution in [0.3, 0.4) is 0 Å². The first kappa shape index (κ1) is 10.8. The lowest BCUT2D eigenvalue weighted by molar-refractivity contribution is 0.0982. The van der Waals surface area contributed by atoms with Crippen LogP contribution in [0.25, 0.3) is 0 Å². The quantitative estimate of drug-likeness (QED) is 0.829. The number of aromatic nitrogens is 1. The number of fused-ring (bicyclic) bond motifs is 1. The number of hydrogen-bond acceptors (Lipinski definition) is 3. The van der Waals surface area contributed by atoms with Crippen LogP contribution in [0, 0.1) is 0 Å². The summed E-state index contributed by atoms with van der Waals surface area (Å²) in [5.41, 5.74) is 2.17. The molecule has 1 aliphatic heterocycles. The van der Waals surface area contributed by atoms with Crippen molar-refractivity contribution in [2.45, 2.75) is 6.42 Å². The van der Waals surface area contributed by atoms with E-state index in [1.165, 1.54) is 12.3 Å². The standard InChI is InChI=1S/C14H12N2O2/c17-12-6-3-8-15-13(12)14(18)16-9-7-10-4-1-2-5-11(10)16/h1-6,8,17H,7,9H2. The highest BCUT2D eigenvalue weighted by Crippen LogP contribution is 2.29. The number of hydrogen-bond donors (Lipinski definition) is 1. The molecule has 4 heteroatoms. The molecule has 90 valence electrons. The number of nitrogens with zero attached hydrogens (tertiary/aromatic N) is 2. The average Bonchev–Trinajstić information content (AvgIpc) is 2.82. The van der Waals surface area contributed by atoms with Gasteiger partial charge in [0.2, 0.25) is 0 Å². The van der Waals surface area contributed by atoms with Gasteiger partial charge in [-0.25, -0.2) is 4.98 Å². The second-order valence-corrected chi connectivity index (χ2v) is 4.21. The van der Waals surface area contributed by atoms with Crippen LogP contribution in [-0.2, 0) is 6.42 Å². The van der Waals surface area contributed by atoms with Gasteiger partial charge in [-0.3, -0.25) is 4.79 Å². The number of aromatic hydroxyl groups is 1. The molecule has 1 aliphatic rings. The number of pyridine rings is 1. The van der Waals surface area contributed by atoms with Gasteiger partial charge in [-0.1, -0.05) is 18.2 Å². The van der Waals surface area contributed by atoms with Gasteiger partial charge in [0.15, 0.2) is 5.69 Å². The van der Waals surface area contributed by atoms with Crippen LogP contribution in [0.1, 0.15) is 16.1 Å². The maximum atomic E-state index is 12.3. The fourth-order valence-corrected chi connectivity index (χ4v) is 2.24. The molecule has 0 atom stereocenters. The maximum Gasteiger partial charge on any atom is 0.280 e. The molecule has 0 fully saturated rings. The number of carbonyl (C=O) groups is 1. The molecule has 0 saturated heterocycles. The van der Waals surface area contributed by atoms with Crippen LogP contribution < -0.4 is 4.90 Å². The summed E-state index contributed by atoms with van der Waals surface area (Å²) in [5.74, 6) is -0.329. The molecule has 1 N–H and O–H groups in total. The molecule has 0 bridgehead atoms. The Balaban J connectivity index is 1.99. The molecule has 1 aromatic carbocycles. The molecule has 1 amide bonds. The summed E-state index contributed by atoms with van der Waals surface area (Å²) in [6, 6.07) is 10.9. The minimum absolute atomic E-state index is 0.0770. The van der Waals surface area contributed by atoms with Crippen molar-refractivity contribution in [2.75, 3.05) is 11.4 Å². The SMILES string of the molecule is O=C(c1ncccc1O)N1CCc2ccccc21. The van der Waals surface area contributed by atoms with E-state index in [2.05, 4.69) is 4.98 Å². The zero-order chi connectivity index (χ0) is 12.5. The predicted molar refractivity (Wildman–Crippen MR) is 67.7 cm³/mol. The van der Waals surface area contributed by atoms with E-state index in [1.54, 1.807) is 11.0 Å². The highest BCUT2D eigenvalue weighted by Gasteiger charge is 2.27. The zero-order valence-electron chi connectivity index (χ0n) is 9.71. The van der Waals surface area contributed by atoms with Crippen LogP contribution in [0.15, 0.2) is 42.6 Å². The van der Waals surface area contributed by atoms with Crippen molar-refractivity contribution >= 4 is 11.6 Å². The fraction of sp³-hybridized carbons (Fsp3) is 0.143. The van der Waals surface area contributed by atoms with Crippen molar-refractivity contribution in [3.05, 3.63) is 53.9 Å². The summed E-state index contributed by atoms with van der Waals surface area (Å²) in [5, 5.41) is 9.68. The van der Waals surface area contributed by atoms with Crippen molar-refractivity contribution < 1.29 is 9.90 Å². The van der Waals surface area contributed by atoms with Crippen LogP contribution in [0.4, 0.5) is 5.69 Å². The van der Waals surface area contributed by atoms with E-state index < -0.39 is 0 Å². The van der Waals surface area contributed by atoms with Gasteiger partial charge >= 0.3 is 0 Å². The number of anilines is 1. The largest absolute Gasteiger partial charge is 0.505 e. The van der Waals surface area contributed by atoms with E-state index in [9.17, 15) is 9.90 Å². The summed E-state index contributed by atoms with van der Waals surface area (Å²) in [6.07, 6.45) is 2.35. The Morgan fingerprint density at radius 3 is 2.89 bits per heavy atom. The molecule has 0 unspecified atom stereocenters. The monoisotopic (exact) mass is 240 g/mol. The highest BCUT2D eigenvalue weighted by atomic mass is 16.3. The minimum atomic E-state index is -0.252. The lowest BCUT2D eigenvalue weighted by atomic mass is 10.2. The van der Waals surface area contributed by atoms with Crippen molar-refractivity contribution in [2.24, 2.45) is 0 Å². The first-order valence-corrected chi connectivity index (χ1v) is 5.81. The number of rotatable bonds is 1. The van der Waals surface area contributed by atoms with Crippen molar-refractivity contribution in [1.82, 2.24) is 4.98 Å². The summed E-state index contributed by atoms with van der Waals surface area (Å²) in [6.45, 7) is 0.633. The van der Waals surface area contributed by atoms with Gasteiger partial charge in [-0.15, -0.1) is 0 Å². The van der Waals surface area contributed by atoms with Gasteiger partial charge in [0.25, 0.3) is 5.91 Å². The smallest absolute Gasteiger partial charge is 0.280 e. The molecule has 1 aromatic heterocycles. The molecule has 2 heterocycles. The summed E-state index contributed by atoms with van der Waals surface area (Å²) >= 11 is 0. The Bertz CT molecular complexity index is 610. The zero-order valence-corrected chi connectivity index (χ0v) is 9.71. The van der Waals surface area contributed by atoms with Crippen molar-refractivity contribution in [3.63, 3.8) is 0 Å². The molecule has 0 aliphatic carbocycles. The Kier molecular flexibility index (Phi) is 2.48. The molecule has 2 aromatic rings. The van der Waals surface area contributed by atoms with Gasteiger partial charge in [-0.05, 0) is 30.2 Å². The van der Waals surface area contributed by atoms with Crippen LogP contribution in [-0.4, -0.2) is 22.5 Å². The van der Waals surface area contributed by atoms with E-state index in [0.29, 0.717) is 6.54 Å². The lowest BCUT2D eigenvalue weighted by Crippen LogP contribution is -2.29. The Labute approximate surface area is 105 Å². The van der Waals surface area contributed by atoms with Gasteiger partial charge < -0.3 is 10.0 Å². The number of para-hydroxylation sites is 1. The summed E-state index contributed by atoms with van der Waals surface area (Å²) in [7, 11) is 0. The van der Waals surface area contributed by atoms with E-state index in [-0.39, 0.29) is 17.4 Å². The second-order valence-electron chi connectivity index (χ2n) is 4.21. The molecule has 4 nitrogen and oxygen atoms in total. The fourth-order valence-electron chi connectivity index (χ4n) is 2.24. The van der Waals surface area contributed by atoms with Crippen LogP contribution in [0.2, 0.25) is 0 Å². The van der Waals surface area contributed by atoms with E-state index in [0.717, 1.165) is 17.7 Å². The van der Waals surface area contributed by atoms with E-state index >= 15 is 0 Å². The number of carbonyl (C=O) groups excluding carboxylic acids is 1. The Morgan fingerprint density at radius 2 is 2.06 bits per heavy atom. The summed E-state index contributed by atoms with van der Waals surface area (Å²) in [4.78, 5) is 18.0. The molecular weight excluding hydrogens is 228 g/mol. The van der Waals surface area contributed by atoms with E-state index in [1.807, 2.05) is 24.3 Å². The summed E-state index contributed by atoms with van der Waals surface area (Å²) < 4.78 is 0. The van der Waals surface area contributed by atoms with Crippen LogP contribution in [0.5, 0.6) is 5.75 Å². The highest BCUT2D eigenvalue weighted by molar-refractivity contribution is 6.07. The molecule has 0 saturated carbocycles. The van der Waals surface area contributed by atoms with Crippen molar-refractivity contribution in [3.8, 4) is 5.75 Å². The molecule has 3 rings (SSSR count). The van der Waals surface area contributed by atoms with Crippen LogP contribution >= 0.6 is 0 Å². The molecular formula is C14H12N2O2. The third-order valence-electron chi connectivity index (χ3n) is 3.12. The third kappa shape index (κ3) is 1.62. The normalized spacial score (nSPS) is 13.4. The molecule has 18 heavy (non-hydrogen) atoms. The Hall–Kier alpha value is -2.36. The third-order valence-corrected chi connectivity index (χ3v) is 3.12. The minimum Gasteiger partial charge on any atom is -0.505 e. The average molecular weight is 240 g/mol. The lowest BCUT2D eigenvalue weighted by Gasteiger charge is -2.17. The van der Waals surface area contributed by atoms with Crippen molar-refractivity contribution in [1.29, 1.82) is 0 Å². The van der Waals surface area contributed by atoms with E-state index in [4.69, 9.17) is 0 Å². The number of amides is 1.